The molecule has 11 heteroatoms. The highest BCUT2D eigenvalue weighted by Crippen LogP contribution is 2.46. The van der Waals surface area contributed by atoms with Gasteiger partial charge in [-0.2, -0.15) is 0 Å². The molecule has 1 aromatic heterocycles. The van der Waals surface area contributed by atoms with Gasteiger partial charge in [-0.1, -0.05) is 18.2 Å². The third-order valence-corrected chi connectivity index (χ3v) is 7.89. The minimum absolute atomic E-state index is 0.00929. The Labute approximate surface area is 236 Å². The molecule has 3 heterocycles. The van der Waals surface area contributed by atoms with Gasteiger partial charge in [0.1, 0.15) is 23.2 Å². The second-order valence-electron chi connectivity index (χ2n) is 11.7. The van der Waals surface area contributed by atoms with Gasteiger partial charge in [0.25, 0.3) is 6.43 Å². The number of hydrogen-bond donors (Lipinski definition) is 3. The molecule has 41 heavy (non-hydrogen) atoms. The van der Waals surface area contributed by atoms with Crippen molar-refractivity contribution in [3.63, 3.8) is 0 Å². The Morgan fingerprint density at radius 3 is 2.56 bits per heavy atom. The number of hydrogen-bond acceptors (Lipinski definition) is 7. The van der Waals surface area contributed by atoms with E-state index >= 15 is 0 Å². The van der Waals surface area contributed by atoms with E-state index in [-0.39, 0.29) is 30.7 Å². The summed E-state index contributed by atoms with van der Waals surface area (Å²) in [6.45, 7) is 7.61. The van der Waals surface area contributed by atoms with E-state index in [4.69, 9.17) is 4.74 Å². The maximum atomic E-state index is 14.9. The molecule has 0 bridgehead atoms. The maximum Gasteiger partial charge on any atom is 0.266 e. The fourth-order valence-electron chi connectivity index (χ4n) is 5.77. The third-order valence-electron chi connectivity index (χ3n) is 7.89. The van der Waals surface area contributed by atoms with E-state index in [0.717, 1.165) is 11.6 Å². The van der Waals surface area contributed by atoms with Crippen LogP contribution in [0.25, 0.3) is 10.9 Å². The number of aryl methyl sites for hydroxylation is 1. The lowest BCUT2D eigenvalue weighted by Crippen LogP contribution is -2.46. The molecule has 1 atom stereocenters. The lowest BCUT2D eigenvalue weighted by atomic mass is 9.82. The second kappa shape index (κ2) is 10.8. The summed E-state index contributed by atoms with van der Waals surface area (Å²) in [4.78, 5) is 23.5. The molecule has 1 saturated heterocycles. The molecule has 2 aromatic carbocycles. The average molecular weight is 573 g/mol. The number of alkyl halides is 2. The van der Waals surface area contributed by atoms with Crippen LogP contribution in [0.3, 0.4) is 0 Å². The number of rotatable bonds is 7. The van der Waals surface area contributed by atoms with Crippen LogP contribution in [0.4, 0.5) is 19.0 Å². The number of halogens is 3. The molecule has 1 fully saturated rings. The average Bonchev–Trinajstić information content (AvgIpc) is 3.38. The van der Waals surface area contributed by atoms with Crippen molar-refractivity contribution in [2.24, 2.45) is 0 Å². The molecule has 1 unspecified atom stereocenters. The molecule has 3 aromatic rings. The second-order valence-corrected chi connectivity index (χ2v) is 11.7. The van der Waals surface area contributed by atoms with Crippen molar-refractivity contribution in [3.05, 3.63) is 58.2 Å². The number of carbonyl (C=O) groups excluding carboxylic acids is 1. The first-order valence-corrected chi connectivity index (χ1v) is 13.8. The number of benzene rings is 2. The van der Waals surface area contributed by atoms with Gasteiger partial charge in [-0.15, -0.1) is 0 Å². The van der Waals surface area contributed by atoms with Gasteiger partial charge in [-0.25, -0.2) is 23.1 Å². The van der Waals surface area contributed by atoms with Gasteiger partial charge >= 0.3 is 0 Å². The highest BCUT2D eigenvalue weighted by Gasteiger charge is 2.40. The summed E-state index contributed by atoms with van der Waals surface area (Å²) < 4.78 is 47.6. The van der Waals surface area contributed by atoms with E-state index in [1.54, 1.807) is 38.7 Å². The van der Waals surface area contributed by atoms with Crippen molar-refractivity contribution in [2.45, 2.75) is 77.0 Å². The molecule has 220 valence electrons. The Morgan fingerprint density at radius 2 is 1.90 bits per heavy atom. The van der Waals surface area contributed by atoms with Gasteiger partial charge in [-0.05, 0) is 46.6 Å². The van der Waals surface area contributed by atoms with Crippen LogP contribution in [0, 0.1) is 12.7 Å². The van der Waals surface area contributed by atoms with E-state index < -0.39 is 35.1 Å². The zero-order valence-electron chi connectivity index (χ0n) is 23.6. The molecule has 1 amide bonds. The Balaban J connectivity index is 1.51. The number of likely N-dealkylation sites (tertiary alicyclic amines) is 1. The number of ether oxygens (including phenoxy) is 1. The topological polar surface area (TPSA) is 108 Å². The first-order chi connectivity index (χ1) is 19.3. The molecule has 8 nitrogen and oxygen atoms in total. The normalized spacial score (nSPS) is 17.5. The molecule has 0 spiro atoms. The minimum Gasteiger partial charge on any atom is -0.492 e. The molecule has 0 aliphatic carbocycles. The van der Waals surface area contributed by atoms with Gasteiger partial charge in [-0.3, -0.25) is 4.79 Å². The zero-order chi connectivity index (χ0) is 29.7. The molecule has 2 aliphatic heterocycles. The number of anilines is 1. The van der Waals surface area contributed by atoms with Crippen molar-refractivity contribution in [1.82, 2.24) is 14.9 Å². The van der Waals surface area contributed by atoms with E-state index in [0.29, 0.717) is 60.0 Å². The van der Waals surface area contributed by atoms with Crippen molar-refractivity contribution < 1.29 is 32.9 Å². The number of nitrogens with zero attached hydrogens (tertiary/aromatic N) is 3. The summed E-state index contributed by atoms with van der Waals surface area (Å²) in [6.07, 6.45) is -1.84. The SMILES string of the molecule is Cc1nc(NC(C)c2cccc(C(F)F)c2F)c2cc(C3(O)CCN(C(=O)CC(C)(C)O)CC3)c3c(c2n1)CCO3. The molecule has 5 rings (SSSR count). The van der Waals surface area contributed by atoms with Gasteiger partial charge in [0, 0.05) is 41.6 Å². The van der Waals surface area contributed by atoms with Crippen LogP contribution in [0.15, 0.2) is 24.3 Å². The smallest absolute Gasteiger partial charge is 0.266 e. The summed E-state index contributed by atoms with van der Waals surface area (Å²) in [6, 6.07) is 5.01. The lowest BCUT2D eigenvalue weighted by Gasteiger charge is -2.39. The third kappa shape index (κ3) is 5.70. The number of fused-ring (bicyclic) bond motifs is 3. The van der Waals surface area contributed by atoms with Gasteiger partial charge in [0.15, 0.2) is 0 Å². The number of amides is 1. The maximum absolute atomic E-state index is 14.9. The molecular weight excluding hydrogens is 537 g/mol. The van der Waals surface area contributed by atoms with Crippen molar-refractivity contribution in [1.29, 1.82) is 0 Å². The Morgan fingerprint density at radius 1 is 1.22 bits per heavy atom. The predicted octanol–water partition coefficient (Wildman–Crippen LogP) is 5.09. The van der Waals surface area contributed by atoms with Crippen molar-refractivity contribution in [3.8, 4) is 5.75 Å². The summed E-state index contributed by atoms with van der Waals surface area (Å²) in [7, 11) is 0. The van der Waals surface area contributed by atoms with Gasteiger partial charge in [0.05, 0.1) is 41.4 Å². The number of piperidine rings is 1. The monoisotopic (exact) mass is 572 g/mol. The summed E-state index contributed by atoms with van der Waals surface area (Å²) in [5.41, 5.74) is -0.948. The Bertz CT molecular complexity index is 1480. The number of aliphatic hydroxyl groups is 2. The van der Waals surface area contributed by atoms with E-state index in [2.05, 4.69) is 15.3 Å². The van der Waals surface area contributed by atoms with Gasteiger partial charge in [0.2, 0.25) is 5.91 Å². The highest BCUT2D eigenvalue weighted by molar-refractivity contribution is 5.94. The standard InChI is InChI=1S/C30H35F3N4O4/c1-16(18-6-5-7-19(24(18)31)27(32)33)34-28-21-14-22(26-20(8-13-41-26)25(21)35-17(2)36-28)30(40)9-11-37(12-10-30)23(38)15-29(3,4)39/h5-7,14,16,27,39-40H,8-13,15H2,1-4H3,(H,34,35,36). The van der Waals surface area contributed by atoms with Crippen molar-refractivity contribution >= 4 is 22.6 Å². The van der Waals surface area contributed by atoms with Crippen LogP contribution >= 0.6 is 0 Å². The summed E-state index contributed by atoms with van der Waals surface area (Å²) in [5, 5.41) is 25.7. The largest absolute Gasteiger partial charge is 0.492 e. The van der Waals surface area contributed by atoms with E-state index in [1.165, 1.54) is 12.1 Å². The Kier molecular flexibility index (Phi) is 7.63. The van der Waals surface area contributed by atoms with Gasteiger partial charge < -0.3 is 25.2 Å². The van der Waals surface area contributed by atoms with Crippen LogP contribution in [0.1, 0.15) is 80.6 Å². The van der Waals surface area contributed by atoms with Crippen LogP contribution in [-0.2, 0) is 16.8 Å². The van der Waals surface area contributed by atoms with Crippen LogP contribution < -0.4 is 10.1 Å². The van der Waals surface area contributed by atoms with E-state index in [1.807, 2.05) is 0 Å². The molecule has 3 N–H and O–H groups in total. The number of carbonyl (C=O) groups is 1. The lowest BCUT2D eigenvalue weighted by molar-refractivity contribution is -0.139. The quantitative estimate of drug-likeness (QED) is 0.362. The summed E-state index contributed by atoms with van der Waals surface area (Å²) in [5.74, 6) is 0.288. The first kappa shape index (κ1) is 29.1. The first-order valence-electron chi connectivity index (χ1n) is 13.8. The predicted molar refractivity (Wildman–Crippen MR) is 147 cm³/mol. The Hall–Kier alpha value is -3.44. The summed E-state index contributed by atoms with van der Waals surface area (Å²) >= 11 is 0. The van der Waals surface area contributed by atoms with Crippen LogP contribution in [0.2, 0.25) is 0 Å². The molecule has 0 radical (unpaired) electrons. The highest BCUT2D eigenvalue weighted by atomic mass is 19.3. The number of aromatic nitrogens is 2. The van der Waals surface area contributed by atoms with Crippen LogP contribution in [0.5, 0.6) is 5.75 Å². The van der Waals surface area contributed by atoms with Crippen LogP contribution in [-0.4, -0.2) is 56.3 Å². The van der Waals surface area contributed by atoms with E-state index in [9.17, 15) is 28.2 Å². The molecule has 0 saturated carbocycles. The fourth-order valence-corrected chi connectivity index (χ4v) is 5.77. The minimum atomic E-state index is -2.94. The number of nitrogens with one attached hydrogen (secondary N) is 1. The zero-order valence-corrected chi connectivity index (χ0v) is 23.6. The fraction of sp³-hybridized carbons (Fsp3) is 0.500. The molecule has 2 aliphatic rings. The molecular formula is C30H35F3N4O4. The van der Waals surface area contributed by atoms with Crippen molar-refractivity contribution in [2.75, 3.05) is 25.0 Å².